The highest BCUT2D eigenvalue weighted by atomic mass is 32.1. The zero-order valence-electron chi connectivity index (χ0n) is 8.01. The van der Waals surface area contributed by atoms with Crippen molar-refractivity contribution in [2.45, 2.75) is 4.90 Å². The van der Waals surface area contributed by atoms with E-state index in [-0.39, 0.29) is 5.75 Å². The Labute approximate surface area is 93.8 Å². The van der Waals surface area contributed by atoms with Gasteiger partial charge < -0.3 is 10.8 Å². The Kier molecular flexibility index (Phi) is 2.56. The van der Waals surface area contributed by atoms with Gasteiger partial charge in [0.25, 0.3) is 0 Å². The first kappa shape index (κ1) is 9.93. The average molecular weight is 217 g/mol. The van der Waals surface area contributed by atoms with E-state index in [2.05, 4.69) is 12.6 Å². The lowest BCUT2D eigenvalue weighted by atomic mass is 10.0. The summed E-state index contributed by atoms with van der Waals surface area (Å²) in [5, 5.41) is 9.37. The first-order valence-corrected chi connectivity index (χ1v) is 5.00. The summed E-state index contributed by atoms with van der Waals surface area (Å²) in [4.78, 5) is 0.746. The van der Waals surface area contributed by atoms with E-state index in [0.29, 0.717) is 5.69 Å². The van der Waals surface area contributed by atoms with Crippen LogP contribution in [0.2, 0.25) is 0 Å². The van der Waals surface area contributed by atoms with Gasteiger partial charge >= 0.3 is 0 Å². The Hall–Kier alpha value is -1.61. The molecule has 0 saturated carbocycles. The maximum absolute atomic E-state index is 9.37. The molecule has 2 aromatic rings. The number of aromatic hydroxyl groups is 1. The molecule has 0 saturated heterocycles. The van der Waals surface area contributed by atoms with Crippen molar-refractivity contribution in [1.82, 2.24) is 0 Å². The molecule has 0 aliphatic carbocycles. The van der Waals surface area contributed by atoms with Gasteiger partial charge in [0.1, 0.15) is 5.75 Å². The van der Waals surface area contributed by atoms with Crippen molar-refractivity contribution in [2.24, 2.45) is 0 Å². The maximum atomic E-state index is 9.37. The molecule has 0 fully saturated rings. The van der Waals surface area contributed by atoms with E-state index in [0.717, 1.165) is 16.0 Å². The number of thiol groups is 1. The highest BCUT2D eigenvalue weighted by Gasteiger charge is 2.04. The largest absolute Gasteiger partial charge is 0.508 e. The molecule has 0 amide bonds. The molecule has 0 heterocycles. The van der Waals surface area contributed by atoms with E-state index >= 15 is 0 Å². The number of nitrogens with two attached hydrogens (primary N) is 1. The number of phenols is 1. The molecule has 0 bridgehead atoms. The van der Waals surface area contributed by atoms with Crippen LogP contribution >= 0.6 is 12.6 Å². The molecule has 76 valence electrons. The van der Waals surface area contributed by atoms with Crippen molar-refractivity contribution in [3.63, 3.8) is 0 Å². The summed E-state index contributed by atoms with van der Waals surface area (Å²) in [5.74, 6) is 0.233. The van der Waals surface area contributed by atoms with Gasteiger partial charge in [-0.1, -0.05) is 24.3 Å². The Morgan fingerprint density at radius 1 is 1.07 bits per heavy atom. The van der Waals surface area contributed by atoms with Gasteiger partial charge in [-0.2, -0.15) is 0 Å². The third-order valence-corrected chi connectivity index (χ3v) is 2.63. The van der Waals surface area contributed by atoms with E-state index in [4.69, 9.17) is 5.73 Å². The van der Waals surface area contributed by atoms with Crippen molar-refractivity contribution in [1.29, 1.82) is 0 Å². The third-order valence-electron chi connectivity index (χ3n) is 2.24. The number of rotatable bonds is 1. The zero-order valence-corrected chi connectivity index (χ0v) is 8.91. The molecular weight excluding hydrogens is 206 g/mol. The molecule has 2 nitrogen and oxygen atoms in total. The Morgan fingerprint density at radius 3 is 2.53 bits per heavy atom. The van der Waals surface area contributed by atoms with Gasteiger partial charge in [0.15, 0.2) is 0 Å². The molecule has 2 aromatic carbocycles. The van der Waals surface area contributed by atoms with Crippen molar-refractivity contribution in [3.05, 3.63) is 42.5 Å². The predicted octanol–water partition coefficient (Wildman–Crippen LogP) is 2.93. The molecule has 15 heavy (non-hydrogen) atoms. The fourth-order valence-electron chi connectivity index (χ4n) is 1.48. The number of benzene rings is 2. The summed E-state index contributed by atoms with van der Waals surface area (Å²) in [6.45, 7) is 0. The topological polar surface area (TPSA) is 46.2 Å². The first-order chi connectivity index (χ1) is 7.18. The maximum Gasteiger partial charge on any atom is 0.116 e. The fraction of sp³-hybridized carbons (Fsp3) is 0. The number of phenolic OH excluding ortho intramolecular Hbond substituents is 1. The van der Waals surface area contributed by atoms with Gasteiger partial charge in [-0.25, -0.2) is 0 Å². The van der Waals surface area contributed by atoms with E-state index in [1.54, 1.807) is 18.2 Å². The van der Waals surface area contributed by atoms with Crippen molar-refractivity contribution in [3.8, 4) is 16.9 Å². The van der Waals surface area contributed by atoms with Crippen LogP contribution in [0, 0.1) is 0 Å². The zero-order chi connectivity index (χ0) is 10.8. The first-order valence-electron chi connectivity index (χ1n) is 4.55. The van der Waals surface area contributed by atoms with Crippen LogP contribution in [-0.4, -0.2) is 5.11 Å². The lowest BCUT2D eigenvalue weighted by Gasteiger charge is -2.07. The minimum atomic E-state index is 0.233. The standard InChI is InChI=1S/C12H11NOS/c13-12-10(5-2-6-11(12)15)8-3-1-4-9(14)7-8/h1-7,14-15H,13H2. The van der Waals surface area contributed by atoms with Crippen LogP contribution < -0.4 is 5.73 Å². The van der Waals surface area contributed by atoms with E-state index in [9.17, 15) is 5.11 Å². The molecule has 2 rings (SSSR count). The van der Waals surface area contributed by atoms with Crippen LogP contribution in [-0.2, 0) is 0 Å². The minimum absolute atomic E-state index is 0.233. The third kappa shape index (κ3) is 1.92. The molecule has 0 spiro atoms. The smallest absolute Gasteiger partial charge is 0.116 e. The summed E-state index contributed by atoms with van der Waals surface area (Å²) >= 11 is 4.26. The van der Waals surface area contributed by atoms with Crippen LogP contribution in [0.15, 0.2) is 47.4 Å². The number of hydrogen-bond donors (Lipinski definition) is 3. The second-order valence-corrected chi connectivity index (χ2v) is 3.77. The van der Waals surface area contributed by atoms with E-state index in [1.807, 2.05) is 24.3 Å². The average Bonchev–Trinajstić information content (AvgIpc) is 2.22. The minimum Gasteiger partial charge on any atom is -0.508 e. The fourth-order valence-corrected chi connectivity index (χ4v) is 1.68. The Balaban J connectivity index is 2.59. The molecule has 0 aliphatic rings. The molecule has 3 heteroatoms. The van der Waals surface area contributed by atoms with E-state index in [1.165, 1.54) is 0 Å². The van der Waals surface area contributed by atoms with Gasteiger partial charge in [0.2, 0.25) is 0 Å². The van der Waals surface area contributed by atoms with Gasteiger partial charge in [-0.3, -0.25) is 0 Å². The van der Waals surface area contributed by atoms with Gasteiger partial charge in [-0.15, -0.1) is 12.6 Å². The van der Waals surface area contributed by atoms with Gasteiger partial charge in [0, 0.05) is 10.5 Å². The molecule has 0 atom stereocenters. The molecule has 0 aliphatic heterocycles. The quantitative estimate of drug-likeness (QED) is 0.508. The number of para-hydroxylation sites is 1. The van der Waals surface area contributed by atoms with Gasteiger partial charge in [-0.05, 0) is 23.8 Å². The van der Waals surface area contributed by atoms with Crippen LogP contribution in [0.3, 0.4) is 0 Å². The van der Waals surface area contributed by atoms with Crippen molar-refractivity contribution in [2.75, 3.05) is 5.73 Å². The number of hydrogen-bond acceptors (Lipinski definition) is 3. The summed E-state index contributed by atoms with van der Waals surface area (Å²) in [5.41, 5.74) is 8.32. The lowest BCUT2D eigenvalue weighted by Crippen LogP contribution is -1.91. The summed E-state index contributed by atoms with van der Waals surface area (Å²) in [7, 11) is 0. The summed E-state index contributed by atoms with van der Waals surface area (Å²) < 4.78 is 0. The van der Waals surface area contributed by atoms with Crippen LogP contribution in [0.5, 0.6) is 5.75 Å². The molecule has 0 radical (unpaired) electrons. The molecular formula is C12H11NOS. The van der Waals surface area contributed by atoms with Crippen LogP contribution in [0.1, 0.15) is 0 Å². The van der Waals surface area contributed by atoms with Gasteiger partial charge in [0.05, 0.1) is 5.69 Å². The highest BCUT2D eigenvalue weighted by molar-refractivity contribution is 7.80. The predicted molar refractivity (Wildman–Crippen MR) is 65.2 cm³/mol. The number of nitrogen functional groups attached to an aromatic ring is 1. The normalized spacial score (nSPS) is 10.2. The monoisotopic (exact) mass is 217 g/mol. The number of anilines is 1. The van der Waals surface area contributed by atoms with Crippen LogP contribution in [0.4, 0.5) is 5.69 Å². The molecule has 3 N–H and O–H groups in total. The summed E-state index contributed by atoms with van der Waals surface area (Å²) in [6.07, 6.45) is 0. The van der Waals surface area contributed by atoms with Crippen LogP contribution in [0.25, 0.3) is 11.1 Å². The Morgan fingerprint density at radius 2 is 1.80 bits per heavy atom. The second-order valence-electron chi connectivity index (χ2n) is 3.29. The van der Waals surface area contributed by atoms with Crippen molar-refractivity contribution < 1.29 is 5.11 Å². The second kappa shape index (κ2) is 3.87. The highest BCUT2D eigenvalue weighted by Crippen LogP contribution is 2.31. The molecule has 0 unspecified atom stereocenters. The summed E-state index contributed by atoms with van der Waals surface area (Å²) in [6, 6.07) is 12.6. The lowest BCUT2D eigenvalue weighted by molar-refractivity contribution is 0.475. The molecule has 0 aromatic heterocycles. The SMILES string of the molecule is Nc1c(S)cccc1-c1cccc(O)c1. The Bertz CT molecular complexity index is 497. The van der Waals surface area contributed by atoms with E-state index < -0.39 is 0 Å². The van der Waals surface area contributed by atoms with Crippen molar-refractivity contribution >= 4 is 18.3 Å².